The van der Waals surface area contributed by atoms with Crippen molar-refractivity contribution in [1.82, 2.24) is 0 Å². The summed E-state index contributed by atoms with van der Waals surface area (Å²) in [5, 5.41) is 16.9. The second kappa shape index (κ2) is 4.68. The number of hydrogen-bond acceptors (Lipinski definition) is 2. The Kier molecular flexibility index (Phi) is 3.54. The van der Waals surface area contributed by atoms with Crippen molar-refractivity contribution < 1.29 is 8.78 Å². The van der Waals surface area contributed by atoms with Crippen molar-refractivity contribution >= 4 is 22.0 Å². The highest BCUT2D eigenvalue weighted by atomic mass is 79.9. The molecule has 0 aromatic heterocycles. The summed E-state index contributed by atoms with van der Waals surface area (Å²) >= 11 is 2.90. The van der Waals surface area contributed by atoms with Gasteiger partial charge in [0.1, 0.15) is 29.3 Å². The quantitative estimate of drug-likeness (QED) is 0.580. The van der Waals surface area contributed by atoms with Gasteiger partial charge in [0.05, 0.1) is 4.47 Å². The molecule has 0 unspecified atom stereocenters. The average molecular weight is 269 g/mol. The van der Waals surface area contributed by atoms with E-state index in [0.29, 0.717) is 6.07 Å². The van der Waals surface area contributed by atoms with Gasteiger partial charge < -0.3 is 0 Å². The zero-order valence-corrected chi connectivity index (χ0v) is 8.85. The van der Waals surface area contributed by atoms with Crippen molar-refractivity contribution in [3.8, 4) is 12.1 Å². The molecule has 1 aromatic carbocycles. The number of rotatable bonds is 1. The Bertz CT molecular complexity index is 493. The van der Waals surface area contributed by atoms with E-state index in [0.717, 1.165) is 12.1 Å². The SMILES string of the molecule is N#CC(C#N)=Cc1cc(F)cc(F)c1Br. The Hall–Kier alpha value is -1.72. The highest BCUT2D eigenvalue weighted by Gasteiger charge is 2.07. The lowest BCUT2D eigenvalue weighted by atomic mass is 10.1. The van der Waals surface area contributed by atoms with Crippen LogP contribution < -0.4 is 0 Å². The van der Waals surface area contributed by atoms with Crippen LogP contribution in [0.1, 0.15) is 5.56 Å². The van der Waals surface area contributed by atoms with Crippen LogP contribution in [0.4, 0.5) is 8.78 Å². The average Bonchev–Trinajstić information content (AvgIpc) is 2.21. The van der Waals surface area contributed by atoms with E-state index in [1.807, 2.05) is 0 Å². The van der Waals surface area contributed by atoms with Crippen LogP contribution in [-0.4, -0.2) is 0 Å². The maximum Gasteiger partial charge on any atom is 0.140 e. The maximum absolute atomic E-state index is 13.0. The molecule has 0 bridgehead atoms. The molecule has 0 amide bonds. The fraction of sp³-hybridized carbons (Fsp3) is 0. The van der Waals surface area contributed by atoms with Gasteiger partial charge >= 0.3 is 0 Å². The third kappa shape index (κ3) is 2.61. The van der Waals surface area contributed by atoms with E-state index in [9.17, 15) is 8.78 Å². The molecule has 74 valence electrons. The monoisotopic (exact) mass is 268 g/mol. The van der Waals surface area contributed by atoms with Crippen LogP contribution in [0.5, 0.6) is 0 Å². The Morgan fingerprint density at radius 1 is 1.27 bits per heavy atom. The molecule has 0 spiro atoms. The smallest absolute Gasteiger partial charge is 0.140 e. The minimum absolute atomic E-state index is 0.0203. The van der Waals surface area contributed by atoms with E-state index >= 15 is 0 Å². The molecule has 2 nitrogen and oxygen atoms in total. The summed E-state index contributed by atoms with van der Waals surface area (Å²) in [6, 6.07) is 4.94. The summed E-state index contributed by atoms with van der Waals surface area (Å²) in [5.74, 6) is -1.55. The molecular formula is C10H3BrF2N2. The third-order valence-electron chi connectivity index (χ3n) is 1.56. The second-order valence-corrected chi connectivity index (χ2v) is 3.37. The predicted octanol–water partition coefficient (Wildman–Crippen LogP) is 3.16. The molecule has 0 fully saturated rings. The van der Waals surface area contributed by atoms with E-state index in [1.165, 1.54) is 0 Å². The maximum atomic E-state index is 13.0. The Morgan fingerprint density at radius 2 is 1.87 bits per heavy atom. The minimum atomic E-state index is -0.781. The van der Waals surface area contributed by atoms with E-state index in [-0.39, 0.29) is 15.6 Å². The van der Waals surface area contributed by atoms with Gasteiger partial charge in [-0.1, -0.05) is 0 Å². The van der Waals surface area contributed by atoms with Crippen LogP contribution in [0.3, 0.4) is 0 Å². The van der Waals surface area contributed by atoms with Gasteiger partial charge in [-0.25, -0.2) is 8.78 Å². The van der Waals surface area contributed by atoms with Crippen LogP contribution in [0.15, 0.2) is 22.2 Å². The molecule has 0 aliphatic heterocycles. The summed E-state index contributed by atoms with van der Waals surface area (Å²) in [5.41, 5.74) is -0.105. The number of hydrogen-bond donors (Lipinski definition) is 0. The van der Waals surface area contributed by atoms with Crippen LogP contribution in [-0.2, 0) is 0 Å². The number of halogens is 3. The molecule has 0 aliphatic carbocycles. The lowest BCUT2D eigenvalue weighted by Crippen LogP contribution is -1.87. The molecule has 0 saturated carbocycles. The number of benzene rings is 1. The van der Waals surface area contributed by atoms with E-state index in [1.54, 1.807) is 12.1 Å². The predicted molar refractivity (Wildman–Crippen MR) is 53.3 cm³/mol. The van der Waals surface area contributed by atoms with Crippen molar-refractivity contribution in [2.24, 2.45) is 0 Å². The number of allylic oxidation sites excluding steroid dienone is 1. The van der Waals surface area contributed by atoms with Crippen LogP contribution in [0.25, 0.3) is 6.08 Å². The van der Waals surface area contributed by atoms with Gasteiger partial charge in [-0.2, -0.15) is 10.5 Å². The molecule has 1 aromatic rings. The highest BCUT2D eigenvalue weighted by molar-refractivity contribution is 9.10. The van der Waals surface area contributed by atoms with Crippen molar-refractivity contribution in [2.75, 3.05) is 0 Å². The summed E-state index contributed by atoms with van der Waals surface area (Å²) in [4.78, 5) is 0. The Morgan fingerprint density at radius 3 is 2.40 bits per heavy atom. The molecule has 15 heavy (non-hydrogen) atoms. The fourth-order valence-corrected chi connectivity index (χ4v) is 1.27. The van der Waals surface area contributed by atoms with Gasteiger partial charge in [0, 0.05) is 6.07 Å². The summed E-state index contributed by atoms with van der Waals surface area (Å²) in [6.45, 7) is 0. The zero-order valence-electron chi connectivity index (χ0n) is 7.26. The normalized spacial score (nSPS) is 8.87. The fourth-order valence-electron chi connectivity index (χ4n) is 0.926. The van der Waals surface area contributed by atoms with Gasteiger partial charge in [0.15, 0.2) is 0 Å². The van der Waals surface area contributed by atoms with E-state index in [2.05, 4.69) is 15.9 Å². The first kappa shape index (κ1) is 11.4. The summed E-state index contributed by atoms with van der Waals surface area (Å²) < 4.78 is 25.8. The van der Waals surface area contributed by atoms with Gasteiger partial charge in [-0.05, 0) is 33.6 Å². The molecular weight excluding hydrogens is 266 g/mol. The number of nitrogens with zero attached hydrogens (tertiary/aromatic N) is 2. The van der Waals surface area contributed by atoms with E-state index < -0.39 is 11.6 Å². The van der Waals surface area contributed by atoms with Gasteiger partial charge in [-0.3, -0.25) is 0 Å². The zero-order chi connectivity index (χ0) is 11.4. The lowest BCUT2D eigenvalue weighted by molar-refractivity contribution is 0.578. The molecule has 0 aliphatic rings. The van der Waals surface area contributed by atoms with Gasteiger partial charge in [-0.15, -0.1) is 0 Å². The van der Waals surface area contributed by atoms with Gasteiger partial charge in [0.25, 0.3) is 0 Å². The topological polar surface area (TPSA) is 47.6 Å². The van der Waals surface area contributed by atoms with Crippen molar-refractivity contribution in [3.05, 3.63) is 39.4 Å². The first-order valence-electron chi connectivity index (χ1n) is 3.75. The summed E-state index contributed by atoms with van der Waals surface area (Å²) in [7, 11) is 0. The molecule has 0 saturated heterocycles. The third-order valence-corrected chi connectivity index (χ3v) is 2.40. The van der Waals surface area contributed by atoms with Gasteiger partial charge in [0.2, 0.25) is 0 Å². The molecule has 1 rings (SSSR count). The van der Waals surface area contributed by atoms with Crippen LogP contribution >= 0.6 is 15.9 Å². The molecule has 0 N–H and O–H groups in total. The summed E-state index contributed by atoms with van der Waals surface area (Å²) in [6.07, 6.45) is 1.11. The molecule has 0 atom stereocenters. The first-order valence-corrected chi connectivity index (χ1v) is 4.54. The van der Waals surface area contributed by atoms with Crippen molar-refractivity contribution in [2.45, 2.75) is 0 Å². The highest BCUT2D eigenvalue weighted by Crippen LogP contribution is 2.24. The van der Waals surface area contributed by atoms with E-state index in [4.69, 9.17) is 10.5 Å². The molecule has 5 heteroatoms. The largest absolute Gasteiger partial charge is 0.207 e. The first-order chi connectivity index (χ1) is 7.08. The Labute approximate surface area is 93.2 Å². The van der Waals surface area contributed by atoms with Crippen molar-refractivity contribution in [3.63, 3.8) is 0 Å². The van der Waals surface area contributed by atoms with Crippen LogP contribution in [0, 0.1) is 34.3 Å². The standard InChI is InChI=1S/C10H3BrF2N2/c11-10-7(1-6(4-14)5-15)2-8(12)3-9(10)13/h1-3H. The second-order valence-electron chi connectivity index (χ2n) is 2.57. The number of nitriles is 2. The Balaban J connectivity index is 3.35. The minimum Gasteiger partial charge on any atom is -0.207 e. The molecule has 0 radical (unpaired) electrons. The van der Waals surface area contributed by atoms with Crippen molar-refractivity contribution in [1.29, 1.82) is 10.5 Å². The molecule has 0 heterocycles. The lowest BCUT2D eigenvalue weighted by Gasteiger charge is -2.00. The van der Waals surface area contributed by atoms with Crippen LogP contribution in [0.2, 0.25) is 0 Å².